The molecule has 3 N–H and O–H groups in total. The Labute approximate surface area is 129 Å². The maximum Gasteiger partial charge on any atom is 0.275 e. The second-order valence-electron chi connectivity index (χ2n) is 4.49. The van der Waals surface area contributed by atoms with E-state index < -0.39 is 0 Å². The van der Waals surface area contributed by atoms with Gasteiger partial charge in [0, 0.05) is 10.2 Å². The molecule has 0 aliphatic rings. The number of nitrogens with one attached hydrogen (secondary N) is 1. The molecule has 0 aliphatic carbocycles. The Morgan fingerprint density at radius 3 is 2.57 bits per heavy atom. The number of fused-ring (bicyclic) bond motifs is 1. The first-order chi connectivity index (χ1) is 10.1. The highest BCUT2D eigenvalue weighted by atomic mass is 79.9. The standard InChI is InChI=1S/C15H11BrN4O/c16-11-3-1-10-6-12(4-2-9(10)5-11)20-15(21)13-7-19-14(17)8-18-13/h1-8H,(H2,17,19)(H,20,21). The summed E-state index contributed by atoms with van der Waals surface area (Å²) in [5.74, 6) is -0.0400. The van der Waals surface area contributed by atoms with E-state index in [0.717, 1.165) is 15.2 Å². The number of amides is 1. The number of nitrogens with two attached hydrogens (primary N) is 1. The molecule has 0 atom stereocenters. The molecule has 6 heteroatoms. The van der Waals surface area contributed by atoms with Crippen LogP contribution in [0, 0.1) is 0 Å². The lowest BCUT2D eigenvalue weighted by molar-refractivity contribution is 0.102. The number of hydrogen-bond donors (Lipinski definition) is 2. The highest BCUT2D eigenvalue weighted by molar-refractivity contribution is 9.10. The minimum atomic E-state index is -0.320. The van der Waals surface area contributed by atoms with Gasteiger partial charge in [-0.05, 0) is 35.0 Å². The van der Waals surface area contributed by atoms with Crippen molar-refractivity contribution < 1.29 is 4.79 Å². The smallest absolute Gasteiger partial charge is 0.275 e. The average molecular weight is 343 g/mol. The third-order valence-corrected chi connectivity index (χ3v) is 3.46. The maximum atomic E-state index is 12.1. The fraction of sp³-hybridized carbons (Fsp3) is 0. The molecule has 21 heavy (non-hydrogen) atoms. The number of nitrogen functional groups attached to an aromatic ring is 1. The molecular weight excluding hydrogens is 332 g/mol. The van der Waals surface area contributed by atoms with Crippen LogP contribution < -0.4 is 11.1 Å². The zero-order valence-corrected chi connectivity index (χ0v) is 12.5. The van der Waals surface area contributed by atoms with Crippen LogP contribution in [0.15, 0.2) is 53.3 Å². The fourth-order valence-electron chi connectivity index (χ4n) is 1.94. The molecular formula is C15H11BrN4O. The summed E-state index contributed by atoms with van der Waals surface area (Å²) in [5, 5.41) is 4.92. The summed E-state index contributed by atoms with van der Waals surface area (Å²) in [6.45, 7) is 0. The summed E-state index contributed by atoms with van der Waals surface area (Å²) in [5.41, 5.74) is 6.37. The molecule has 1 amide bonds. The summed E-state index contributed by atoms with van der Waals surface area (Å²) in [4.78, 5) is 19.8. The van der Waals surface area contributed by atoms with Crippen molar-refractivity contribution in [2.45, 2.75) is 0 Å². The van der Waals surface area contributed by atoms with Crippen LogP contribution in [0.2, 0.25) is 0 Å². The Balaban J connectivity index is 1.85. The second kappa shape index (κ2) is 5.49. The predicted octanol–water partition coefficient (Wildman–Crippen LogP) is 3.23. The van der Waals surface area contributed by atoms with E-state index >= 15 is 0 Å². The van der Waals surface area contributed by atoms with Gasteiger partial charge in [0.25, 0.3) is 5.91 Å². The Morgan fingerprint density at radius 2 is 1.81 bits per heavy atom. The zero-order valence-electron chi connectivity index (χ0n) is 10.9. The van der Waals surface area contributed by atoms with E-state index in [1.807, 2.05) is 36.4 Å². The molecule has 0 unspecified atom stereocenters. The van der Waals surface area contributed by atoms with Gasteiger partial charge in [-0.1, -0.05) is 28.1 Å². The molecule has 1 heterocycles. The van der Waals surface area contributed by atoms with E-state index in [-0.39, 0.29) is 17.4 Å². The molecule has 0 fully saturated rings. The lowest BCUT2D eigenvalue weighted by atomic mass is 10.1. The number of halogens is 1. The summed E-state index contributed by atoms with van der Waals surface area (Å²) < 4.78 is 1.02. The minimum Gasteiger partial charge on any atom is -0.382 e. The third kappa shape index (κ3) is 3.00. The van der Waals surface area contributed by atoms with E-state index in [4.69, 9.17) is 5.73 Å². The SMILES string of the molecule is Nc1cnc(C(=O)Nc2ccc3cc(Br)ccc3c2)cn1. The first kappa shape index (κ1) is 13.5. The number of rotatable bonds is 2. The number of carbonyl (C=O) groups excluding carboxylic acids is 1. The Morgan fingerprint density at radius 1 is 1.05 bits per heavy atom. The Kier molecular flexibility index (Phi) is 3.53. The first-order valence-corrected chi connectivity index (χ1v) is 6.99. The molecule has 1 aromatic heterocycles. The van der Waals surface area contributed by atoms with Crippen molar-refractivity contribution >= 4 is 44.1 Å². The highest BCUT2D eigenvalue weighted by Gasteiger charge is 2.08. The third-order valence-electron chi connectivity index (χ3n) is 2.96. The lowest BCUT2D eigenvalue weighted by Gasteiger charge is -2.06. The Hall–Kier alpha value is -2.47. The molecule has 3 aromatic rings. The van der Waals surface area contributed by atoms with Gasteiger partial charge in [-0.2, -0.15) is 0 Å². The lowest BCUT2D eigenvalue weighted by Crippen LogP contribution is -2.14. The van der Waals surface area contributed by atoms with Gasteiger partial charge in [-0.25, -0.2) is 9.97 Å². The van der Waals surface area contributed by atoms with Crippen molar-refractivity contribution in [2.24, 2.45) is 0 Å². The van der Waals surface area contributed by atoms with Crippen LogP contribution in [0.25, 0.3) is 10.8 Å². The number of nitrogens with zero attached hydrogens (tertiary/aromatic N) is 2. The normalized spacial score (nSPS) is 10.5. The number of hydrogen-bond acceptors (Lipinski definition) is 4. The van der Waals surface area contributed by atoms with E-state index in [1.54, 1.807) is 0 Å². The topological polar surface area (TPSA) is 80.9 Å². The summed E-state index contributed by atoms with van der Waals surface area (Å²) in [6, 6.07) is 11.7. The van der Waals surface area contributed by atoms with E-state index in [2.05, 4.69) is 31.2 Å². The fourth-order valence-corrected chi connectivity index (χ4v) is 2.32. The zero-order chi connectivity index (χ0) is 14.8. The van der Waals surface area contributed by atoms with Crippen LogP contribution in [-0.2, 0) is 0 Å². The molecule has 0 spiro atoms. The molecule has 0 aliphatic heterocycles. The second-order valence-corrected chi connectivity index (χ2v) is 5.40. The average Bonchev–Trinajstić information content (AvgIpc) is 2.48. The molecule has 2 aromatic carbocycles. The monoisotopic (exact) mass is 342 g/mol. The number of carbonyl (C=O) groups is 1. The number of anilines is 2. The van der Waals surface area contributed by atoms with Gasteiger partial charge in [0.1, 0.15) is 11.5 Å². The van der Waals surface area contributed by atoms with Crippen LogP contribution in [0.1, 0.15) is 10.5 Å². The van der Waals surface area contributed by atoms with Crippen molar-refractivity contribution in [2.75, 3.05) is 11.1 Å². The van der Waals surface area contributed by atoms with Crippen molar-refractivity contribution in [3.63, 3.8) is 0 Å². The summed E-state index contributed by atoms with van der Waals surface area (Å²) >= 11 is 3.43. The van der Waals surface area contributed by atoms with E-state index in [9.17, 15) is 4.79 Å². The van der Waals surface area contributed by atoms with E-state index in [1.165, 1.54) is 12.4 Å². The van der Waals surface area contributed by atoms with Gasteiger partial charge in [0.2, 0.25) is 0 Å². The summed E-state index contributed by atoms with van der Waals surface area (Å²) in [7, 11) is 0. The predicted molar refractivity (Wildman–Crippen MR) is 86.0 cm³/mol. The van der Waals surface area contributed by atoms with Gasteiger partial charge >= 0.3 is 0 Å². The molecule has 5 nitrogen and oxygen atoms in total. The van der Waals surface area contributed by atoms with Crippen molar-refractivity contribution in [1.82, 2.24) is 9.97 Å². The molecule has 0 radical (unpaired) electrons. The Bertz CT molecular complexity index is 818. The van der Waals surface area contributed by atoms with Crippen LogP contribution in [-0.4, -0.2) is 15.9 Å². The van der Waals surface area contributed by atoms with Crippen LogP contribution in [0.5, 0.6) is 0 Å². The van der Waals surface area contributed by atoms with Crippen molar-refractivity contribution in [3.05, 3.63) is 59.0 Å². The minimum absolute atomic E-state index is 0.222. The van der Waals surface area contributed by atoms with Crippen LogP contribution >= 0.6 is 15.9 Å². The molecule has 3 rings (SSSR count). The van der Waals surface area contributed by atoms with Gasteiger partial charge in [0.15, 0.2) is 0 Å². The molecule has 0 saturated carbocycles. The first-order valence-electron chi connectivity index (χ1n) is 6.20. The van der Waals surface area contributed by atoms with Gasteiger partial charge in [-0.3, -0.25) is 4.79 Å². The van der Waals surface area contributed by atoms with Crippen LogP contribution in [0.3, 0.4) is 0 Å². The molecule has 0 bridgehead atoms. The van der Waals surface area contributed by atoms with E-state index in [0.29, 0.717) is 5.69 Å². The van der Waals surface area contributed by atoms with Crippen molar-refractivity contribution in [1.29, 1.82) is 0 Å². The van der Waals surface area contributed by atoms with Gasteiger partial charge < -0.3 is 11.1 Å². The van der Waals surface area contributed by atoms with Crippen molar-refractivity contribution in [3.8, 4) is 0 Å². The number of aromatic nitrogens is 2. The number of benzene rings is 2. The van der Waals surface area contributed by atoms with Crippen LogP contribution in [0.4, 0.5) is 11.5 Å². The van der Waals surface area contributed by atoms with Gasteiger partial charge in [0.05, 0.1) is 12.4 Å². The highest BCUT2D eigenvalue weighted by Crippen LogP contribution is 2.23. The largest absolute Gasteiger partial charge is 0.382 e. The maximum absolute atomic E-state index is 12.1. The quantitative estimate of drug-likeness (QED) is 0.749. The summed E-state index contributed by atoms with van der Waals surface area (Å²) in [6.07, 6.45) is 2.70. The molecule has 104 valence electrons. The van der Waals surface area contributed by atoms with Gasteiger partial charge in [-0.15, -0.1) is 0 Å². The molecule has 0 saturated heterocycles.